The zero-order valence-corrected chi connectivity index (χ0v) is 14.9. The molecule has 3 rings (SSSR count). The average molecular weight is 388 g/mol. The number of carboxylic acids is 2. The number of benzene rings is 1. The average Bonchev–Trinajstić information content (AvgIpc) is 3.14. The number of aromatic amines is 1. The molecule has 0 bridgehead atoms. The third kappa shape index (κ3) is 4.05. The molecule has 0 saturated carbocycles. The molecule has 0 aliphatic carbocycles. The van der Waals surface area contributed by atoms with Crippen LogP contribution in [0.15, 0.2) is 29.1 Å². The van der Waals surface area contributed by atoms with E-state index in [2.05, 4.69) is 4.98 Å². The van der Waals surface area contributed by atoms with Crippen molar-refractivity contribution in [3.05, 3.63) is 51.3 Å². The minimum absolute atomic E-state index is 0.0629. The second-order valence-corrected chi connectivity index (χ2v) is 6.45. The Morgan fingerprint density at radius 1 is 1.25 bits per heavy atom. The lowest BCUT2D eigenvalue weighted by atomic mass is 9.94. The molecule has 148 valence electrons. The van der Waals surface area contributed by atoms with Gasteiger partial charge in [0.1, 0.15) is 16.9 Å². The van der Waals surface area contributed by atoms with Crippen LogP contribution in [0.4, 0.5) is 5.82 Å². The lowest BCUT2D eigenvalue weighted by Gasteiger charge is -2.14. The van der Waals surface area contributed by atoms with Crippen LogP contribution in [-0.4, -0.2) is 46.5 Å². The van der Waals surface area contributed by atoms with Crippen molar-refractivity contribution in [1.29, 1.82) is 0 Å². The zero-order valence-electron chi connectivity index (χ0n) is 14.9. The normalized spacial score (nSPS) is 16.2. The standard InChI is InChI=1S/C19H20N2O7/c20-16-14(18(23)24)13(15(19(25)26)17(22)21-16)11-4-1-3-10(7-11)8-27-9-12-5-2-6-28-12/h1,3-4,7,12H,2,5-6,8-9H2,(H,23,24)(H,25,26)(H3,20,21,22). The van der Waals surface area contributed by atoms with Gasteiger partial charge in [-0.05, 0) is 30.0 Å². The van der Waals surface area contributed by atoms with Crippen molar-refractivity contribution in [1.82, 2.24) is 4.98 Å². The lowest BCUT2D eigenvalue weighted by molar-refractivity contribution is 0.0106. The minimum Gasteiger partial charge on any atom is -0.478 e. The topological polar surface area (TPSA) is 152 Å². The largest absolute Gasteiger partial charge is 0.478 e. The highest BCUT2D eigenvalue weighted by Gasteiger charge is 2.26. The Labute approximate surface area is 159 Å². The molecule has 2 heterocycles. The van der Waals surface area contributed by atoms with Crippen molar-refractivity contribution in [2.75, 3.05) is 18.9 Å². The van der Waals surface area contributed by atoms with E-state index in [0.717, 1.165) is 19.4 Å². The number of nitrogens with two attached hydrogens (primary N) is 1. The third-order valence-corrected chi connectivity index (χ3v) is 4.48. The number of aromatic carboxylic acids is 2. The summed E-state index contributed by atoms with van der Waals surface area (Å²) in [6.07, 6.45) is 2.01. The quantitative estimate of drug-likeness (QED) is 0.559. The molecular formula is C19H20N2O7. The van der Waals surface area contributed by atoms with E-state index in [9.17, 15) is 24.6 Å². The summed E-state index contributed by atoms with van der Waals surface area (Å²) in [5.41, 5.74) is 4.26. The number of hydrogen-bond acceptors (Lipinski definition) is 6. The number of pyridine rings is 1. The molecule has 5 N–H and O–H groups in total. The molecule has 1 atom stereocenters. The summed E-state index contributed by atoms with van der Waals surface area (Å²) in [5.74, 6) is -3.39. The molecule has 1 aliphatic heterocycles. The summed E-state index contributed by atoms with van der Waals surface area (Å²) in [6.45, 7) is 1.39. The highest BCUT2D eigenvalue weighted by atomic mass is 16.5. The fraction of sp³-hybridized carbons (Fsp3) is 0.316. The highest BCUT2D eigenvalue weighted by molar-refractivity contribution is 6.07. The van der Waals surface area contributed by atoms with Crippen LogP contribution >= 0.6 is 0 Å². The number of carbonyl (C=O) groups is 2. The van der Waals surface area contributed by atoms with Gasteiger partial charge < -0.3 is 30.4 Å². The molecule has 28 heavy (non-hydrogen) atoms. The fourth-order valence-corrected chi connectivity index (χ4v) is 3.24. The molecule has 1 fully saturated rings. The van der Waals surface area contributed by atoms with Crippen LogP contribution in [0.1, 0.15) is 39.1 Å². The van der Waals surface area contributed by atoms with Gasteiger partial charge >= 0.3 is 11.9 Å². The van der Waals surface area contributed by atoms with E-state index in [0.29, 0.717) is 12.2 Å². The van der Waals surface area contributed by atoms with Crippen molar-refractivity contribution < 1.29 is 29.3 Å². The summed E-state index contributed by atoms with van der Waals surface area (Å²) >= 11 is 0. The molecule has 0 spiro atoms. The van der Waals surface area contributed by atoms with Crippen molar-refractivity contribution in [3.8, 4) is 11.1 Å². The van der Waals surface area contributed by atoms with E-state index in [1.165, 1.54) is 6.07 Å². The zero-order chi connectivity index (χ0) is 20.3. The van der Waals surface area contributed by atoms with Crippen LogP contribution in [0.2, 0.25) is 0 Å². The number of carboxylic acid groups (broad SMARTS) is 2. The molecular weight excluding hydrogens is 368 g/mol. The molecule has 9 nitrogen and oxygen atoms in total. The smallest absolute Gasteiger partial charge is 0.342 e. The minimum atomic E-state index is -1.54. The van der Waals surface area contributed by atoms with Gasteiger partial charge in [0.05, 0.1) is 19.3 Å². The number of nitrogen functional groups attached to an aromatic ring is 1. The van der Waals surface area contributed by atoms with E-state index in [1.54, 1.807) is 18.2 Å². The van der Waals surface area contributed by atoms with E-state index in [-0.39, 0.29) is 23.8 Å². The van der Waals surface area contributed by atoms with E-state index < -0.39 is 34.4 Å². The summed E-state index contributed by atoms with van der Waals surface area (Å²) < 4.78 is 11.1. The second-order valence-electron chi connectivity index (χ2n) is 6.45. The van der Waals surface area contributed by atoms with E-state index in [4.69, 9.17) is 15.2 Å². The Kier molecular flexibility index (Phi) is 5.76. The molecule has 2 aromatic rings. The van der Waals surface area contributed by atoms with Crippen molar-refractivity contribution in [3.63, 3.8) is 0 Å². The number of nitrogens with one attached hydrogen (secondary N) is 1. The van der Waals surface area contributed by atoms with Gasteiger partial charge in [-0.15, -0.1) is 0 Å². The molecule has 1 aliphatic rings. The number of H-pyrrole nitrogens is 1. The van der Waals surface area contributed by atoms with Crippen LogP contribution in [-0.2, 0) is 16.1 Å². The number of rotatable bonds is 7. The number of anilines is 1. The van der Waals surface area contributed by atoms with Gasteiger partial charge in [-0.25, -0.2) is 9.59 Å². The van der Waals surface area contributed by atoms with Crippen LogP contribution in [0.5, 0.6) is 0 Å². The van der Waals surface area contributed by atoms with Crippen molar-refractivity contribution in [2.24, 2.45) is 0 Å². The van der Waals surface area contributed by atoms with Crippen molar-refractivity contribution >= 4 is 17.8 Å². The number of hydrogen-bond donors (Lipinski definition) is 4. The van der Waals surface area contributed by atoms with Crippen LogP contribution in [0.25, 0.3) is 11.1 Å². The summed E-state index contributed by atoms with van der Waals surface area (Å²) in [6, 6.07) is 6.50. The summed E-state index contributed by atoms with van der Waals surface area (Å²) in [7, 11) is 0. The first-order valence-electron chi connectivity index (χ1n) is 8.69. The maximum Gasteiger partial charge on any atom is 0.342 e. The molecule has 1 saturated heterocycles. The maximum absolute atomic E-state index is 12.1. The van der Waals surface area contributed by atoms with Gasteiger partial charge in [-0.3, -0.25) is 4.79 Å². The Morgan fingerprint density at radius 2 is 2.00 bits per heavy atom. The molecule has 1 unspecified atom stereocenters. The Hall–Kier alpha value is -3.17. The molecule has 0 radical (unpaired) electrons. The highest BCUT2D eigenvalue weighted by Crippen LogP contribution is 2.30. The Balaban J connectivity index is 1.97. The number of ether oxygens (including phenoxy) is 2. The van der Waals surface area contributed by atoms with E-state index in [1.807, 2.05) is 0 Å². The predicted molar refractivity (Wildman–Crippen MR) is 99.5 cm³/mol. The molecule has 1 aromatic carbocycles. The lowest BCUT2D eigenvalue weighted by Crippen LogP contribution is -2.24. The van der Waals surface area contributed by atoms with Crippen LogP contribution in [0.3, 0.4) is 0 Å². The van der Waals surface area contributed by atoms with Gasteiger partial charge in [0, 0.05) is 12.2 Å². The Bertz CT molecular complexity index is 961. The molecule has 0 amide bonds. The summed E-state index contributed by atoms with van der Waals surface area (Å²) in [4.78, 5) is 37.5. The van der Waals surface area contributed by atoms with Crippen LogP contribution in [0, 0.1) is 0 Å². The monoisotopic (exact) mass is 388 g/mol. The fourth-order valence-electron chi connectivity index (χ4n) is 3.24. The first-order valence-corrected chi connectivity index (χ1v) is 8.69. The van der Waals surface area contributed by atoms with Gasteiger partial charge in [0.25, 0.3) is 5.56 Å². The van der Waals surface area contributed by atoms with Gasteiger partial charge in [-0.2, -0.15) is 0 Å². The first-order chi connectivity index (χ1) is 13.4. The second kappa shape index (κ2) is 8.24. The van der Waals surface area contributed by atoms with E-state index >= 15 is 0 Å². The van der Waals surface area contributed by atoms with Crippen molar-refractivity contribution in [2.45, 2.75) is 25.6 Å². The van der Waals surface area contributed by atoms with Gasteiger partial charge in [0.15, 0.2) is 0 Å². The summed E-state index contributed by atoms with van der Waals surface area (Å²) in [5, 5.41) is 18.9. The van der Waals surface area contributed by atoms with Crippen LogP contribution < -0.4 is 11.3 Å². The Morgan fingerprint density at radius 3 is 2.64 bits per heavy atom. The predicted octanol–water partition coefficient (Wildman–Crippen LogP) is 1.72. The third-order valence-electron chi connectivity index (χ3n) is 4.48. The van der Waals surface area contributed by atoms with Gasteiger partial charge in [0.2, 0.25) is 0 Å². The molecule has 1 aromatic heterocycles. The SMILES string of the molecule is Nc1[nH]c(=O)c(C(=O)O)c(-c2cccc(COCC3CCCO3)c2)c1C(=O)O. The first kappa shape index (κ1) is 19.6. The maximum atomic E-state index is 12.1. The van der Waals surface area contributed by atoms with Gasteiger partial charge in [-0.1, -0.05) is 18.2 Å². The number of aromatic nitrogens is 1. The molecule has 9 heteroatoms.